The number of aryl methyl sites for hydroxylation is 1. The molecule has 1 N–H and O–H groups in total. The summed E-state index contributed by atoms with van der Waals surface area (Å²) in [5.74, 6) is -0.340. The second-order valence-electron chi connectivity index (χ2n) is 5.35. The Hall–Kier alpha value is -0.980. The molecule has 1 heterocycles. The third-order valence-corrected chi connectivity index (χ3v) is 5.76. The molecule has 1 atom stereocenters. The van der Waals surface area contributed by atoms with E-state index in [1.807, 2.05) is 6.92 Å². The Bertz CT molecular complexity index is 601. The van der Waals surface area contributed by atoms with Gasteiger partial charge in [-0.25, -0.2) is 12.8 Å². The summed E-state index contributed by atoms with van der Waals surface area (Å²) >= 11 is 0. The molecule has 6 heteroatoms. The van der Waals surface area contributed by atoms with Crippen molar-refractivity contribution in [3.8, 4) is 0 Å². The predicted octanol–water partition coefficient (Wildman–Crippen LogP) is 2.03. The molecule has 112 valence electrons. The van der Waals surface area contributed by atoms with Crippen molar-refractivity contribution in [1.82, 2.24) is 9.62 Å². The summed E-state index contributed by atoms with van der Waals surface area (Å²) in [5.41, 5.74) is 0.751. The Kier molecular flexibility index (Phi) is 4.46. The maximum absolute atomic E-state index is 14.0. The second kappa shape index (κ2) is 5.79. The van der Waals surface area contributed by atoms with Gasteiger partial charge in [0.1, 0.15) is 5.82 Å². The maximum Gasteiger partial charge on any atom is 0.243 e. The third-order valence-electron chi connectivity index (χ3n) is 3.77. The lowest BCUT2D eigenvalue weighted by atomic mass is 10.1. The zero-order valence-corrected chi connectivity index (χ0v) is 12.9. The highest BCUT2D eigenvalue weighted by atomic mass is 32.2. The Morgan fingerprint density at radius 1 is 1.45 bits per heavy atom. The summed E-state index contributed by atoms with van der Waals surface area (Å²) in [6, 6.07) is 2.88. The summed E-state index contributed by atoms with van der Waals surface area (Å²) in [6.07, 6.45) is 1.76. The molecule has 1 saturated heterocycles. The van der Waals surface area contributed by atoms with Crippen molar-refractivity contribution >= 4 is 10.0 Å². The van der Waals surface area contributed by atoms with Gasteiger partial charge in [0.05, 0.1) is 4.90 Å². The maximum atomic E-state index is 14.0. The van der Waals surface area contributed by atoms with Crippen LogP contribution in [0.15, 0.2) is 17.0 Å². The fourth-order valence-electron chi connectivity index (χ4n) is 2.67. The first-order valence-electron chi connectivity index (χ1n) is 6.83. The fraction of sp³-hybridized carbons (Fsp3) is 0.571. The molecule has 0 aromatic heterocycles. The van der Waals surface area contributed by atoms with E-state index in [9.17, 15) is 12.8 Å². The predicted molar refractivity (Wildman–Crippen MR) is 76.5 cm³/mol. The highest BCUT2D eigenvalue weighted by molar-refractivity contribution is 7.89. The van der Waals surface area contributed by atoms with Crippen molar-refractivity contribution in [2.45, 2.75) is 44.2 Å². The average Bonchev–Trinajstić information content (AvgIpc) is 2.81. The highest BCUT2D eigenvalue weighted by Crippen LogP contribution is 2.28. The van der Waals surface area contributed by atoms with Gasteiger partial charge in [-0.3, -0.25) is 0 Å². The number of halogens is 1. The third kappa shape index (κ3) is 2.73. The van der Waals surface area contributed by atoms with Gasteiger partial charge in [-0.2, -0.15) is 4.31 Å². The van der Waals surface area contributed by atoms with E-state index in [1.54, 1.807) is 14.0 Å². The number of rotatable bonds is 4. The van der Waals surface area contributed by atoms with Crippen molar-refractivity contribution in [3.63, 3.8) is 0 Å². The van der Waals surface area contributed by atoms with Crippen LogP contribution in [0.1, 0.15) is 30.9 Å². The van der Waals surface area contributed by atoms with E-state index >= 15 is 0 Å². The monoisotopic (exact) mass is 300 g/mol. The molecule has 4 nitrogen and oxygen atoms in total. The van der Waals surface area contributed by atoms with E-state index in [-0.39, 0.29) is 16.8 Å². The van der Waals surface area contributed by atoms with E-state index in [0.29, 0.717) is 24.2 Å². The van der Waals surface area contributed by atoms with Gasteiger partial charge in [0, 0.05) is 24.7 Å². The summed E-state index contributed by atoms with van der Waals surface area (Å²) in [7, 11) is -1.82. The standard InChI is InChI=1S/C14H21FN2O2S/c1-10-7-13(8-12(9-16-3)14(10)15)20(18,19)17-6-4-5-11(17)2/h7-8,11,16H,4-6,9H2,1-3H3. The Morgan fingerprint density at radius 2 is 2.15 bits per heavy atom. The van der Waals surface area contributed by atoms with Crippen LogP contribution in [0.4, 0.5) is 4.39 Å². The summed E-state index contributed by atoms with van der Waals surface area (Å²) in [5, 5.41) is 2.86. The lowest BCUT2D eigenvalue weighted by molar-refractivity contribution is 0.408. The van der Waals surface area contributed by atoms with Crippen LogP contribution in [0.5, 0.6) is 0 Å². The minimum atomic E-state index is -3.53. The number of nitrogens with zero attached hydrogens (tertiary/aromatic N) is 1. The van der Waals surface area contributed by atoms with E-state index in [0.717, 1.165) is 12.8 Å². The smallest absolute Gasteiger partial charge is 0.243 e. The molecule has 0 spiro atoms. The first-order chi connectivity index (χ1) is 9.37. The molecular weight excluding hydrogens is 279 g/mol. The molecule has 1 aromatic carbocycles. The Balaban J connectivity index is 2.46. The Labute approximate surface area is 120 Å². The van der Waals surface area contributed by atoms with Gasteiger partial charge < -0.3 is 5.32 Å². The lowest BCUT2D eigenvalue weighted by Crippen LogP contribution is -2.33. The van der Waals surface area contributed by atoms with Crippen LogP contribution in [-0.2, 0) is 16.6 Å². The molecule has 0 radical (unpaired) electrons. The molecular formula is C14H21FN2O2S. The van der Waals surface area contributed by atoms with Crippen molar-refractivity contribution in [2.24, 2.45) is 0 Å². The van der Waals surface area contributed by atoms with E-state index in [1.165, 1.54) is 16.4 Å². The van der Waals surface area contributed by atoms with Crippen LogP contribution < -0.4 is 5.32 Å². The molecule has 0 aliphatic carbocycles. The number of hydrogen-bond acceptors (Lipinski definition) is 3. The molecule has 1 fully saturated rings. The SMILES string of the molecule is CNCc1cc(S(=O)(=O)N2CCCC2C)cc(C)c1F. The summed E-state index contributed by atoms with van der Waals surface area (Å²) < 4.78 is 40.8. The molecule has 1 aliphatic heterocycles. The van der Waals surface area contributed by atoms with Crippen LogP contribution in [-0.4, -0.2) is 32.4 Å². The van der Waals surface area contributed by atoms with E-state index in [4.69, 9.17) is 0 Å². The molecule has 0 bridgehead atoms. The van der Waals surface area contributed by atoms with Crippen molar-refractivity contribution < 1.29 is 12.8 Å². The molecule has 0 saturated carbocycles. The minimum absolute atomic E-state index is 0.0121. The largest absolute Gasteiger partial charge is 0.316 e. The topological polar surface area (TPSA) is 49.4 Å². The molecule has 0 amide bonds. The van der Waals surface area contributed by atoms with E-state index in [2.05, 4.69) is 5.32 Å². The summed E-state index contributed by atoms with van der Waals surface area (Å²) in [4.78, 5) is 0.190. The number of nitrogens with one attached hydrogen (secondary N) is 1. The molecule has 1 unspecified atom stereocenters. The van der Waals surface area contributed by atoms with Crippen LogP contribution in [0.25, 0.3) is 0 Å². The van der Waals surface area contributed by atoms with Crippen molar-refractivity contribution in [2.75, 3.05) is 13.6 Å². The molecule has 2 rings (SSSR count). The second-order valence-corrected chi connectivity index (χ2v) is 7.24. The highest BCUT2D eigenvalue weighted by Gasteiger charge is 2.33. The van der Waals surface area contributed by atoms with Crippen LogP contribution >= 0.6 is 0 Å². The normalized spacial score (nSPS) is 20.5. The lowest BCUT2D eigenvalue weighted by Gasteiger charge is -2.21. The van der Waals surface area contributed by atoms with Crippen molar-refractivity contribution in [1.29, 1.82) is 0 Å². The van der Waals surface area contributed by atoms with Gasteiger partial charge in [-0.1, -0.05) is 0 Å². The van der Waals surface area contributed by atoms with Crippen LogP contribution in [0.2, 0.25) is 0 Å². The van der Waals surface area contributed by atoms with Gasteiger partial charge in [0.2, 0.25) is 10.0 Å². The fourth-order valence-corrected chi connectivity index (χ4v) is 4.51. The number of sulfonamides is 1. The van der Waals surface area contributed by atoms with Crippen LogP contribution in [0.3, 0.4) is 0 Å². The number of hydrogen-bond donors (Lipinski definition) is 1. The van der Waals surface area contributed by atoms with Gasteiger partial charge in [0.15, 0.2) is 0 Å². The van der Waals surface area contributed by atoms with Gasteiger partial charge in [-0.05, 0) is 51.4 Å². The first kappa shape index (κ1) is 15.4. The van der Waals surface area contributed by atoms with Crippen LogP contribution in [0, 0.1) is 12.7 Å². The molecule has 1 aliphatic rings. The van der Waals surface area contributed by atoms with Gasteiger partial charge >= 0.3 is 0 Å². The zero-order valence-electron chi connectivity index (χ0n) is 12.1. The first-order valence-corrected chi connectivity index (χ1v) is 8.27. The minimum Gasteiger partial charge on any atom is -0.316 e. The van der Waals surface area contributed by atoms with Gasteiger partial charge in [0.25, 0.3) is 0 Å². The van der Waals surface area contributed by atoms with Crippen molar-refractivity contribution in [3.05, 3.63) is 29.1 Å². The average molecular weight is 300 g/mol. The van der Waals surface area contributed by atoms with Gasteiger partial charge in [-0.15, -0.1) is 0 Å². The van der Waals surface area contributed by atoms with E-state index < -0.39 is 10.0 Å². The molecule has 1 aromatic rings. The quantitative estimate of drug-likeness (QED) is 0.925. The Morgan fingerprint density at radius 3 is 2.70 bits per heavy atom. The molecule has 20 heavy (non-hydrogen) atoms. The zero-order chi connectivity index (χ0) is 14.9. The number of benzene rings is 1. The summed E-state index contributed by atoms with van der Waals surface area (Å²) in [6.45, 7) is 4.36.